The van der Waals surface area contributed by atoms with Crippen molar-refractivity contribution in [2.75, 3.05) is 31.1 Å². The lowest BCUT2D eigenvalue weighted by atomic mass is 9.87. The summed E-state index contributed by atoms with van der Waals surface area (Å²) in [5.41, 5.74) is 13.9. The Kier molecular flexibility index (Phi) is 6.59. The van der Waals surface area contributed by atoms with Crippen molar-refractivity contribution in [3.8, 4) is 0 Å². The first-order chi connectivity index (χ1) is 13.3. The van der Waals surface area contributed by atoms with Gasteiger partial charge in [0.15, 0.2) is 5.11 Å². The smallest absolute Gasteiger partial charge is 0.178 e. The van der Waals surface area contributed by atoms with Gasteiger partial charge in [0.05, 0.1) is 13.1 Å². The van der Waals surface area contributed by atoms with Crippen LogP contribution in [0.15, 0.2) is 40.8 Å². The van der Waals surface area contributed by atoms with Gasteiger partial charge in [0.1, 0.15) is 11.5 Å². The summed E-state index contributed by atoms with van der Waals surface area (Å²) >= 11 is 4.75. The van der Waals surface area contributed by atoms with Gasteiger partial charge in [-0.15, -0.1) is 0 Å². The zero-order valence-electron chi connectivity index (χ0n) is 17.0. The first-order valence-electron chi connectivity index (χ1n) is 9.75. The molecule has 1 aromatic carbocycles. The maximum atomic E-state index is 5.88. The van der Waals surface area contributed by atoms with Crippen LogP contribution in [0.2, 0.25) is 0 Å². The lowest BCUT2D eigenvalue weighted by molar-refractivity contribution is 0.228. The van der Waals surface area contributed by atoms with E-state index >= 15 is 0 Å². The number of nitrogens with two attached hydrogens (primary N) is 1. The minimum absolute atomic E-state index is 0.195. The summed E-state index contributed by atoms with van der Waals surface area (Å²) in [4.78, 5) is 4.89. The Morgan fingerprint density at radius 1 is 1.04 bits per heavy atom. The number of anilines is 1. The number of nitrogens with one attached hydrogen (secondary N) is 2. The predicted octanol–water partition coefficient (Wildman–Crippen LogP) is 2.74. The van der Waals surface area contributed by atoms with Crippen molar-refractivity contribution in [3.05, 3.63) is 53.5 Å². The van der Waals surface area contributed by atoms with E-state index in [1.54, 1.807) is 0 Å². The molecule has 1 saturated heterocycles. The van der Waals surface area contributed by atoms with E-state index in [2.05, 4.69) is 65.7 Å². The minimum atomic E-state index is 0.195. The molecule has 1 aromatic heterocycles. The molecule has 0 saturated carbocycles. The molecule has 6 nitrogen and oxygen atoms in total. The Morgan fingerprint density at radius 2 is 1.68 bits per heavy atom. The van der Waals surface area contributed by atoms with Gasteiger partial charge >= 0.3 is 0 Å². The highest BCUT2D eigenvalue weighted by Gasteiger charge is 2.19. The van der Waals surface area contributed by atoms with Crippen molar-refractivity contribution in [2.45, 2.75) is 39.3 Å². The van der Waals surface area contributed by atoms with E-state index in [4.69, 9.17) is 22.4 Å². The molecule has 0 radical (unpaired) electrons. The van der Waals surface area contributed by atoms with E-state index in [1.807, 2.05) is 12.1 Å². The summed E-state index contributed by atoms with van der Waals surface area (Å²) in [7, 11) is 0. The number of nitrogens with zero attached hydrogens (tertiary/aromatic N) is 2. The quantitative estimate of drug-likeness (QED) is 0.508. The van der Waals surface area contributed by atoms with Crippen LogP contribution in [0, 0.1) is 0 Å². The summed E-state index contributed by atoms with van der Waals surface area (Å²) in [5.74, 6) is 1.84. The van der Waals surface area contributed by atoms with Crippen LogP contribution in [0.25, 0.3) is 0 Å². The van der Waals surface area contributed by atoms with Crippen LogP contribution in [-0.2, 0) is 18.5 Å². The molecule has 28 heavy (non-hydrogen) atoms. The fourth-order valence-electron chi connectivity index (χ4n) is 3.38. The topological polar surface area (TPSA) is 69.7 Å². The van der Waals surface area contributed by atoms with Gasteiger partial charge in [-0.3, -0.25) is 10.3 Å². The molecule has 1 fully saturated rings. The largest absolute Gasteiger partial charge is 0.463 e. The Labute approximate surface area is 173 Å². The lowest BCUT2D eigenvalue weighted by Gasteiger charge is -2.36. The SMILES string of the molecule is CC(C)(C)c1ccc(N2CCN(Cc3ccc(CNNC(N)=S)o3)CC2)cc1. The van der Waals surface area contributed by atoms with Crippen molar-refractivity contribution >= 4 is 23.0 Å². The van der Waals surface area contributed by atoms with E-state index in [9.17, 15) is 0 Å². The third-order valence-corrected chi connectivity index (χ3v) is 5.14. The minimum Gasteiger partial charge on any atom is -0.463 e. The van der Waals surface area contributed by atoms with Gasteiger partial charge in [0, 0.05) is 31.9 Å². The van der Waals surface area contributed by atoms with E-state index < -0.39 is 0 Å². The molecular weight excluding hydrogens is 370 g/mol. The maximum Gasteiger partial charge on any atom is 0.178 e. The van der Waals surface area contributed by atoms with Crippen LogP contribution in [-0.4, -0.2) is 36.2 Å². The number of furan rings is 1. The highest BCUT2D eigenvalue weighted by molar-refractivity contribution is 7.80. The predicted molar refractivity (Wildman–Crippen MR) is 118 cm³/mol. The molecule has 0 bridgehead atoms. The normalized spacial score (nSPS) is 15.6. The van der Waals surface area contributed by atoms with Gasteiger partial charge in [-0.2, -0.15) is 0 Å². The number of rotatable bonds is 6. The Hall–Kier alpha value is -2.09. The van der Waals surface area contributed by atoms with Gasteiger partial charge in [0.25, 0.3) is 0 Å². The number of hydrazine groups is 1. The summed E-state index contributed by atoms with van der Waals surface area (Å²) in [6.45, 7) is 12.2. The second-order valence-corrected chi connectivity index (χ2v) is 8.71. The first-order valence-corrected chi connectivity index (χ1v) is 10.2. The molecule has 2 heterocycles. The fourth-order valence-corrected chi connectivity index (χ4v) is 3.45. The molecule has 0 unspecified atom stereocenters. The van der Waals surface area contributed by atoms with E-state index in [0.717, 1.165) is 44.2 Å². The Morgan fingerprint density at radius 3 is 2.29 bits per heavy atom. The number of thiocarbonyl (C=S) groups is 1. The molecule has 4 N–H and O–H groups in total. The molecule has 0 amide bonds. The molecule has 0 aliphatic carbocycles. The average molecular weight is 402 g/mol. The zero-order chi connectivity index (χ0) is 20.1. The first kappa shape index (κ1) is 20.6. The van der Waals surface area contributed by atoms with Gasteiger partial charge in [-0.1, -0.05) is 32.9 Å². The lowest BCUT2D eigenvalue weighted by Crippen LogP contribution is -2.45. The second kappa shape index (κ2) is 8.94. The van der Waals surface area contributed by atoms with E-state index in [1.165, 1.54) is 11.3 Å². The summed E-state index contributed by atoms with van der Waals surface area (Å²) < 4.78 is 5.88. The number of benzene rings is 1. The van der Waals surface area contributed by atoms with Gasteiger partial charge in [0.2, 0.25) is 0 Å². The van der Waals surface area contributed by atoms with Gasteiger partial charge in [-0.25, -0.2) is 5.43 Å². The zero-order valence-corrected chi connectivity index (χ0v) is 17.8. The molecule has 1 aliphatic heterocycles. The number of piperazine rings is 1. The van der Waals surface area contributed by atoms with Crippen molar-refractivity contribution in [1.82, 2.24) is 15.8 Å². The van der Waals surface area contributed by atoms with Gasteiger partial charge in [-0.05, 0) is 47.5 Å². The summed E-state index contributed by atoms with van der Waals surface area (Å²) in [6.07, 6.45) is 0. The third kappa shape index (κ3) is 5.70. The highest BCUT2D eigenvalue weighted by atomic mass is 32.1. The third-order valence-electron chi connectivity index (χ3n) is 5.04. The molecule has 7 heteroatoms. The highest BCUT2D eigenvalue weighted by Crippen LogP contribution is 2.25. The Bertz CT molecular complexity index is 773. The van der Waals surface area contributed by atoms with Crippen LogP contribution in [0.5, 0.6) is 0 Å². The summed E-state index contributed by atoms with van der Waals surface area (Å²) in [6, 6.07) is 13.0. The van der Waals surface area contributed by atoms with E-state index in [0.29, 0.717) is 6.54 Å². The van der Waals surface area contributed by atoms with Crippen LogP contribution in [0.1, 0.15) is 37.9 Å². The van der Waals surface area contributed by atoms with Crippen LogP contribution >= 0.6 is 12.2 Å². The van der Waals surface area contributed by atoms with Crippen LogP contribution in [0.3, 0.4) is 0 Å². The van der Waals surface area contributed by atoms with Crippen molar-refractivity contribution in [2.24, 2.45) is 5.73 Å². The Balaban J connectivity index is 1.46. The molecule has 3 rings (SSSR count). The standard InChI is InChI=1S/C21H31N5OS/c1-21(2,3)16-4-6-17(7-5-16)26-12-10-25(11-13-26)15-19-9-8-18(27-19)14-23-24-20(22)28/h4-9,23H,10-15H2,1-3H3,(H3,22,24,28). The van der Waals surface area contributed by atoms with Crippen molar-refractivity contribution in [1.29, 1.82) is 0 Å². The average Bonchev–Trinajstić information content (AvgIpc) is 3.09. The molecule has 2 aromatic rings. The monoisotopic (exact) mass is 401 g/mol. The summed E-state index contributed by atoms with van der Waals surface area (Å²) in [5, 5.41) is 0.220. The second-order valence-electron chi connectivity index (χ2n) is 8.27. The van der Waals surface area contributed by atoms with Crippen molar-refractivity contribution in [3.63, 3.8) is 0 Å². The van der Waals surface area contributed by atoms with Crippen LogP contribution in [0.4, 0.5) is 5.69 Å². The number of hydrogen-bond acceptors (Lipinski definition) is 5. The van der Waals surface area contributed by atoms with Gasteiger partial charge < -0.3 is 15.1 Å². The number of hydrogen-bond donors (Lipinski definition) is 3. The molecule has 152 valence electrons. The molecule has 0 spiro atoms. The molecular formula is C21H31N5OS. The molecule has 0 atom stereocenters. The maximum absolute atomic E-state index is 5.88. The van der Waals surface area contributed by atoms with Crippen LogP contribution < -0.4 is 21.5 Å². The fraction of sp³-hybridized carbons (Fsp3) is 0.476. The van der Waals surface area contributed by atoms with E-state index in [-0.39, 0.29) is 10.5 Å². The molecule has 1 aliphatic rings. The van der Waals surface area contributed by atoms with Crippen molar-refractivity contribution < 1.29 is 4.42 Å².